The minimum Gasteiger partial charge on any atom is -0.504 e. The molecule has 1 amide bonds. The monoisotopic (exact) mass is 234 g/mol. The van der Waals surface area contributed by atoms with Gasteiger partial charge in [0.15, 0.2) is 11.5 Å². The Balaban J connectivity index is 2.83. The molecule has 0 radical (unpaired) electrons. The van der Waals surface area contributed by atoms with Crippen molar-refractivity contribution >= 4 is 16.8 Å². The van der Waals surface area contributed by atoms with E-state index in [0.29, 0.717) is 0 Å². The summed E-state index contributed by atoms with van der Waals surface area (Å²) in [4.78, 5) is 25.9. The van der Waals surface area contributed by atoms with Crippen LogP contribution >= 0.6 is 0 Å². The highest BCUT2D eigenvalue weighted by Gasteiger charge is 2.14. The maximum absolute atomic E-state index is 11.9. The van der Waals surface area contributed by atoms with Crippen molar-refractivity contribution in [3.05, 3.63) is 34.1 Å². The first-order valence-electron chi connectivity index (χ1n) is 4.84. The predicted molar refractivity (Wildman–Crippen MR) is 61.3 cm³/mol. The lowest BCUT2D eigenvalue weighted by atomic mass is 10.1. The lowest BCUT2D eigenvalue weighted by Gasteiger charge is -2.05. The van der Waals surface area contributed by atoms with E-state index in [2.05, 4.69) is 10.3 Å². The standard InChI is InChI=1S/C11H10N2O4/c1-12-11(17)6-4-13-8-5(9(6)15)2-3-7(14)10(8)16/h2-4,14,16H,1H3,(H,12,17)(H,13,15). The number of carbonyl (C=O) groups is 1. The average Bonchev–Trinajstić information content (AvgIpc) is 2.33. The highest BCUT2D eigenvalue weighted by atomic mass is 16.3. The molecule has 4 N–H and O–H groups in total. The zero-order valence-corrected chi connectivity index (χ0v) is 8.94. The number of phenolic OH excluding ortho intramolecular Hbond substituents is 2. The second-order valence-electron chi connectivity index (χ2n) is 3.47. The number of aromatic hydroxyl groups is 2. The van der Waals surface area contributed by atoms with Crippen molar-refractivity contribution in [1.82, 2.24) is 10.3 Å². The van der Waals surface area contributed by atoms with Gasteiger partial charge in [-0.05, 0) is 12.1 Å². The summed E-state index contributed by atoms with van der Waals surface area (Å²) in [7, 11) is 1.42. The highest BCUT2D eigenvalue weighted by molar-refractivity contribution is 5.98. The Hall–Kier alpha value is -2.50. The number of fused-ring (bicyclic) bond motifs is 1. The molecule has 0 spiro atoms. The van der Waals surface area contributed by atoms with Crippen molar-refractivity contribution in [2.75, 3.05) is 7.05 Å². The number of hydrogen-bond donors (Lipinski definition) is 4. The zero-order chi connectivity index (χ0) is 12.6. The molecule has 6 nitrogen and oxygen atoms in total. The lowest BCUT2D eigenvalue weighted by Crippen LogP contribution is -2.25. The van der Waals surface area contributed by atoms with Crippen LogP contribution in [0.3, 0.4) is 0 Å². The van der Waals surface area contributed by atoms with E-state index < -0.39 is 17.1 Å². The quantitative estimate of drug-likeness (QED) is 0.533. The third-order valence-electron chi connectivity index (χ3n) is 2.48. The molecule has 0 aliphatic rings. The van der Waals surface area contributed by atoms with E-state index in [0.717, 1.165) is 0 Å². The normalized spacial score (nSPS) is 10.4. The fraction of sp³-hybridized carbons (Fsp3) is 0.0909. The summed E-state index contributed by atoms with van der Waals surface area (Å²) in [5.74, 6) is -1.26. The third kappa shape index (κ3) is 1.59. The van der Waals surface area contributed by atoms with E-state index in [-0.39, 0.29) is 22.2 Å². The average molecular weight is 234 g/mol. The number of H-pyrrole nitrogens is 1. The SMILES string of the molecule is CNC(=O)c1c[nH]c2c(O)c(O)ccc2c1=O. The van der Waals surface area contributed by atoms with Crippen molar-refractivity contribution < 1.29 is 15.0 Å². The number of amides is 1. The molecule has 17 heavy (non-hydrogen) atoms. The molecule has 1 aromatic heterocycles. The number of rotatable bonds is 1. The topological polar surface area (TPSA) is 102 Å². The Labute approximate surface area is 95.5 Å². The summed E-state index contributed by atoms with van der Waals surface area (Å²) >= 11 is 0. The Morgan fingerprint density at radius 3 is 2.71 bits per heavy atom. The van der Waals surface area contributed by atoms with Gasteiger partial charge in [0.2, 0.25) is 5.43 Å². The van der Waals surface area contributed by atoms with Gasteiger partial charge in [0, 0.05) is 13.2 Å². The number of carbonyl (C=O) groups excluding carboxylic acids is 1. The van der Waals surface area contributed by atoms with Crippen LogP contribution in [-0.4, -0.2) is 28.2 Å². The molecule has 0 aliphatic carbocycles. The molecule has 0 unspecified atom stereocenters. The Kier molecular flexibility index (Phi) is 2.47. The molecule has 1 heterocycles. The van der Waals surface area contributed by atoms with Crippen LogP contribution in [0.1, 0.15) is 10.4 Å². The van der Waals surface area contributed by atoms with Crippen LogP contribution in [0.5, 0.6) is 11.5 Å². The molecule has 0 saturated heterocycles. The van der Waals surface area contributed by atoms with Gasteiger partial charge >= 0.3 is 0 Å². The fourth-order valence-corrected chi connectivity index (χ4v) is 1.57. The van der Waals surface area contributed by atoms with Gasteiger partial charge < -0.3 is 20.5 Å². The van der Waals surface area contributed by atoms with Crippen molar-refractivity contribution in [2.45, 2.75) is 0 Å². The van der Waals surface area contributed by atoms with Crippen LogP contribution in [0.2, 0.25) is 0 Å². The molecular formula is C11H10N2O4. The number of phenols is 2. The molecule has 0 bridgehead atoms. The first-order valence-corrected chi connectivity index (χ1v) is 4.84. The molecule has 0 saturated carbocycles. The summed E-state index contributed by atoms with van der Waals surface area (Å²) in [6.45, 7) is 0. The van der Waals surface area contributed by atoms with Crippen molar-refractivity contribution in [1.29, 1.82) is 0 Å². The third-order valence-corrected chi connectivity index (χ3v) is 2.48. The van der Waals surface area contributed by atoms with Crippen molar-refractivity contribution in [3.8, 4) is 11.5 Å². The van der Waals surface area contributed by atoms with Crippen LogP contribution < -0.4 is 10.7 Å². The zero-order valence-electron chi connectivity index (χ0n) is 8.94. The minimum absolute atomic E-state index is 0.0508. The molecule has 0 atom stereocenters. The van der Waals surface area contributed by atoms with Crippen LogP contribution in [0.25, 0.3) is 10.9 Å². The predicted octanol–water partition coefficient (Wildman–Crippen LogP) is 0.299. The first kappa shape index (κ1) is 11.0. The summed E-state index contributed by atoms with van der Waals surface area (Å²) in [5, 5.41) is 21.3. The van der Waals surface area contributed by atoms with Crippen LogP contribution in [-0.2, 0) is 0 Å². The van der Waals surface area contributed by atoms with E-state index in [4.69, 9.17) is 0 Å². The lowest BCUT2D eigenvalue weighted by molar-refractivity contribution is 0.0962. The Morgan fingerprint density at radius 2 is 2.06 bits per heavy atom. The molecule has 2 aromatic rings. The maximum Gasteiger partial charge on any atom is 0.256 e. The first-order chi connectivity index (χ1) is 8.06. The smallest absolute Gasteiger partial charge is 0.256 e. The van der Waals surface area contributed by atoms with Crippen LogP contribution in [0.4, 0.5) is 0 Å². The van der Waals surface area contributed by atoms with E-state index in [1.54, 1.807) is 0 Å². The molecule has 6 heteroatoms. The summed E-state index contributed by atoms with van der Waals surface area (Å²) in [6.07, 6.45) is 1.20. The highest BCUT2D eigenvalue weighted by Crippen LogP contribution is 2.30. The maximum atomic E-state index is 11.9. The second-order valence-corrected chi connectivity index (χ2v) is 3.47. The molecule has 88 valence electrons. The van der Waals surface area contributed by atoms with E-state index in [1.165, 1.54) is 25.4 Å². The number of pyridine rings is 1. The van der Waals surface area contributed by atoms with E-state index in [9.17, 15) is 19.8 Å². The van der Waals surface area contributed by atoms with Gasteiger partial charge in [-0.15, -0.1) is 0 Å². The van der Waals surface area contributed by atoms with Crippen LogP contribution in [0, 0.1) is 0 Å². The van der Waals surface area contributed by atoms with Gasteiger partial charge in [-0.25, -0.2) is 0 Å². The Morgan fingerprint density at radius 1 is 1.35 bits per heavy atom. The fourth-order valence-electron chi connectivity index (χ4n) is 1.57. The van der Waals surface area contributed by atoms with E-state index >= 15 is 0 Å². The molecule has 0 aliphatic heterocycles. The van der Waals surface area contributed by atoms with Crippen molar-refractivity contribution in [3.63, 3.8) is 0 Å². The minimum atomic E-state index is -0.513. The molecule has 1 aromatic carbocycles. The number of hydrogen-bond acceptors (Lipinski definition) is 4. The number of aromatic amines is 1. The van der Waals surface area contributed by atoms with Crippen molar-refractivity contribution in [2.24, 2.45) is 0 Å². The molecular weight excluding hydrogens is 224 g/mol. The molecule has 0 fully saturated rings. The van der Waals surface area contributed by atoms with Gasteiger partial charge in [-0.3, -0.25) is 9.59 Å². The second kappa shape index (κ2) is 3.82. The van der Waals surface area contributed by atoms with E-state index in [1.807, 2.05) is 0 Å². The number of benzene rings is 1. The summed E-state index contributed by atoms with van der Waals surface area (Å²) in [5.41, 5.74) is -0.457. The van der Waals surface area contributed by atoms with Gasteiger partial charge in [-0.1, -0.05) is 0 Å². The summed E-state index contributed by atoms with van der Waals surface area (Å²) < 4.78 is 0. The largest absolute Gasteiger partial charge is 0.504 e. The number of aromatic nitrogens is 1. The van der Waals surface area contributed by atoms with Gasteiger partial charge in [0.05, 0.1) is 10.9 Å². The Bertz CT molecular complexity index is 660. The van der Waals surface area contributed by atoms with Gasteiger partial charge in [0.1, 0.15) is 5.56 Å². The van der Waals surface area contributed by atoms with Gasteiger partial charge in [-0.2, -0.15) is 0 Å². The molecule has 2 rings (SSSR count). The summed E-state index contributed by atoms with van der Waals surface area (Å²) in [6, 6.07) is 2.54. The van der Waals surface area contributed by atoms with Crippen LogP contribution in [0.15, 0.2) is 23.1 Å². The van der Waals surface area contributed by atoms with Gasteiger partial charge in [0.25, 0.3) is 5.91 Å². The number of nitrogens with one attached hydrogen (secondary N) is 2.